The van der Waals surface area contributed by atoms with Gasteiger partial charge >= 0.3 is 0 Å². The minimum Gasteiger partial charge on any atom is -0.292 e. The Balaban J connectivity index is 1.95. The monoisotopic (exact) mass is 294 g/mol. The van der Waals surface area contributed by atoms with E-state index in [2.05, 4.69) is 28.4 Å². The van der Waals surface area contributed by atoms with Gasteiger partial charge in [0, 0.05) is 15.5 Å². The van der Waals surface area contributed by atoms with Crippen molar-refractivity contribution in [3.05, 3.63) is 10.9 Å². The molecule has 2 heterocycles. The number of nitrogens with zero attached hydrogens (tertiary/aromatic N) is 2. The number of hydrogen-bond acceptors (Lipinski definition) is 6. The number of thiophene rings is 1. The first kappa shape index (κ1) is 13.1. The van der Waals surface area contributed by atoms with Gasteiger partial charge in [-0.2, -0.15) is 0 Å². The maximum atomic E-state index is 5.47. The van der Waals surface area contributed by atoms with Gasteiger partial charge in [0.05, 0.1) is 0 Å². The van der Waals surface area contributed by atoms with Crippen LogP contribution in [0.5, 0.6) is 0 Å². The van der Waals surface area contributed by atoms with Crippen LogP contribution < -0.4 is 11.3 Å². The molecule has 0 radical (unpaired) electrons. The highest BCUT2D eigenvalue weighted by molar-refractivity contribution is 8.00. The number of rotatable bonds is 3. The molecule has 1 fully saturated rings. The van der Waals surface area contributed by atoms with Gasteiger partial charge in [-0.25, -0.2) is 15.8 Å². The van der Waals surface area contributed by atoms with Crippen LogP contribution in [0.4, 0.5) is 5.95 Å². The minimum absolute atomic E-state index is 0.521. The lowest BCUT2D eigenvalue weighted by atomic mass is 10.0. The topological polar surface area (TPSA) is 63.8 Å². The Labute approximate surface area is 121 Å². The third-order valence-corrected chi connectivity index (χ3v) is 5.72. The van der Waals surface area contributed by atoms with Gasteiger partial charge in [-0.3, -0.25) is 5.43 Å². The van der Waals surface area contributed by atoms with Gasteiger partial charge < -0.3 is 0 Å². The van der Waals surface area contributed by atoms with E-state index in [-0.39, 0.29) is 0 Å². The maximum Gasteiger partial charge on any atom is 0.239 e. The van der Waals surface area contributed by atoms with Gasteiger partial charge in [-0.1, -0.05) is 19.3 Å². The molecular weight excluding hydrogens is 276 g/mol. The number of aromatic nitrogens is 2. The second-order valence-corrected chi connectivity index (χ2v) is 7.47. The molecule has 1 saturated carbocycles. The lowest BCUT2D eigenvalue weighted by Gasteiger charge is -2.20. The van der Waals surface area contributed by atoms with Crippen LogP contribution in [0, 0.1) is 6.92 Å². The first-order chi connectivity index (χ1) is 9.26. The highest BCUT2D eigenvalue weighted by atomic mass is 32.2. The number of hydrazine groups is 1. The molecule has 4 nitrogen and oxygen atoms in total. The van der Waals surface area contributed by atoms with Gasteiger partial charge in [-0.05, 0) is 25.8 Å². The van der Waals surface area contributed by atoms with Crippen molar-refractivity contribution in [2.24, 2.45) is 5.84 Å². The normalized spacial score (nSPS) is 16.9. The van der Waals surface area contributed by atoms with E-state index < -0.39 is 0 Å². The molecule has 0 unspecified atom stereocenters. The Morgan fingerprint density at radius 2 is 2.11 bits per heavy atom. The summed E-state index contributed by atoms with van der Waals surface area (Å²) in [6.45, 7) is 2.11. The molecule has 19 heavy (non-hydrogen) atoms. The molecule has 2 aromatic heterocycles. The zero-order valence-electron chi connectivity index (χ0n) is 11.0. The number of thioether (sulfide) groups is 1. The molecule has 0 bridgehead atoms. The SMILES string of the molecule is Cc1cc2c(SC3CCCCC3)nc(NN)nc2s1. The van der Waals surface area contributed by atoms with Crippen molar-refractivity contribution in [1.82, 2.24) is 9.97 Å². The molecular formula is C13H18N4S2. The Morgan fingerprint density at radius 1 is 1.32 bits per heavy atom. The average Bonchev–Trinajstić information content (AvgIpc) is 2.80. The van der Waals surface area contributed by atoms with Crippen LogP contribution in [0.1, 0.15) is 37.0 Å². The zero-order chi connectivity index (χ0) is 13.2. The molecule has 0 amide bonds. The average molecular weight is 294 g/mol. The second kappa shape index (κ2) is 5.64. The number of hydrogen-bond donors (Lipinski definition) is 2. The molecule has 2 aromatic rings. The number of aryl methyl sites for hydroxylation is 1. The van der Waals surface area contributed by atoms with Gasteiger partial charge in [0.25, 0.3) is 0 Å². The number of nitrogens with two attached hydrogens (primary N) is 1. The Morgan fingerprint density at radius 3 is 2.84 bits per heavy atom. The van der Waals surface area contributed by atoms with Crippen LogP contribution in [0.2, 0.25) is 0 Å². The quantitative estimate of drug-likeness (QED) is 0.513. The molecule has 0 spiro atoms. The molecule has 0 aliphatic heterocycles. The zero-order valence-corrected chi connectivity index (χ0v) is 12.6. The van der Waals surface area contributed by atoms with E-state index in [9.17, 15) is 0 Å². The van der Waals surface area contributed by atoms with E-state index in [0.29, 0.717) is 11.2 Å². The van der Waals surface area contributed by atoms with E-state index in [4.69, 9.17) is 5.84 Å². The van der Waals surface area contributed by atoms with E-state index in [1.165, 1.54) is 42.4 Å². The number of anilines is 1. The summed E-state index contributed by atoms with van der Waals surface area (Å²) in [6.07, 6.45) is 6.66. The third kappa shape index (κ3) is 2.85. The van der Waals surface area contributed by atoms with Crippen molar-refractivity contribution in [3.63, 3.8) is 0 Å². The van der Waals surface area contributed by atoms with Gasteiger partial charge in [0.2, 0.25) is 5.95 Å². The third-order valence-electron chi connectivity index (χ3n) is 3.44. The number of nitrogens with one attached hydrogen (secondary N) is 1. The van der Waals surface area contributed by atoms with Crippen LogP contribution in [0.3, 0.4) is 0 Å². The second-order valence-electron chi connectivity index (χ2n) is 4.95. The molecule has 6 heteroatoms. The predicted octanol–water partition coefficient (Wildman–Crippen LogP) is 3.71. The van der Waals surface area contributed by atoms with E-state index in [1.807, 2.05) is 11.8 Å². The maximum absolute atomic E-state index is 5.47. The molecule has 1 aliphatic carbocycles. The Hall–Kier alpha value is -0.850. The molecule has 0 aromatic carbocycles. The summed E-state index contributed by atoms with van der Waals surface area (Å²) < 4.78 is 0. The molecule has 3 N–H and O–H groups in total. The van der Waals surface area contributed by atoms with Crippen LogP contribution in [0.15, 0.2) is 11.1 Å². The largest absolute Gasteiger partial charge is 0.292 e. The van der Waals surface area contributed by atoms with Crippen molar-refractivity contribution < 1.29 is 0 Å². The van der Waals surface area contributed by atoms with Crippen molar-refractivity contribution in [2.75, 3.05) is 5.43 Å². The lowest BCUT2D eigenvalue weighted by molar-refractivity contribution is 0.516. The van der Waals surface area contributed by atoms with Gasteiger partial charge in [-0.15, -0.1) is 23.1 Å². The molecule has 102 valence electrons. The van der Waals surface area contributed by atoms with Crippen molar-refractivity contribution >= 4 is 39.3 Å². The van der Waals surface area contributed by atoms with Crippen LogP contribution >= 0.6 is 23.1 Å². The fourth-order valence-electron chi connectivity index (χ4n) is 2.51. The number of nitrogen functional groups attached to an aromatic ring is 1. The molecule has 0 atom stereocenters. The Kier molecular flexibility index (Phi) is 3.91. The minimum atomic E-state index is 0.521. The molecule has 3 rings (SSSR count). The smallest absolute Gasteiger partial charge is 0.239 e. The van der Waals surface area contributed by atoms with Crippen molar-refractivity contribution in [2.45, 2.75) is 49.3 Å². The summed E-state index contributed by atoms with van der Waals surface area (Å²) in [6, 6.07) is 2.19. The first-order valence-electron chi connectivity index (χ1n) is 6.68. The predicted molar refractivity (Wildman–Crippen MR) is 82.7 cm³/mol. The Bertz CT molecular complexity index is 575. The summed E-state index contributed by atoms with van der Waals surface area (Å²) in [5, 5.41) is 2.95. The van der Waals surface area contributed by atoms with E-state index >= 15 is 0 Å². The summed E-state index contributed by atoms with van der Waals surface area (Å²) in [4.78, 5) is 11.3. The van der Waals surface area contributed by atoms with E-state index in [1.54, 1.807) is 11.3 Å². The summed E-state index contributed by atoms with van der Waals surface area (Å²) >= 11 is 3.59. The van der Waals surface area contributed by atoms with Gasteiger partial charge in [0.1, 0.15) is 9.86 Å². The van der Waals surface area contributed by atoms with Crippen LogP contribution in [-0.4, -0.2) is 15.2 Å². The summed E-state index contributed by atoms with van der Waals surface area (Å²) in [5.41, 5.74) is 2.58. The first-order valence-corrected chi connectivity index (χ1v) is 8.37. The highest BCUT2D eigenvalue weighted by Gasteiger charge is 2.18. The highest BCUT2D eigenvalue weighted by Crippen LogP contribution is 2.38. The summed E-state index contributed by atoms with van der Waals surface area (Å²) in [7, 11) is 0. The number of fused-ring (bicyclic) bond motifs is 1. The van der Waals surface area contributed by atoms with E-state index in [0.717, 1.165) is 9.86 Å². The van der Waals surface area contributed by atoms with Crippen LogP contribution in [0.25, 0.3) is 10.2 Å². The molecule has 0 saturated heterocycles. The van der Waals surface area contributed by atoms with Crippen molar-refractivity contribution in [1.29, 1.82) is 0 Å². The van der Waals surface area contributed by atoms with Crippen LogP contribution in [-0.2, 0) is 0 Å². The van der Waals surface area contributed by atoms with Crippen molar-refractivity contribution in [3.8, 4) is 0 Å². The molecule has 1 aliphatic rings. The van der Waals surface area contributed by atoms with Gasteiger partial charge in [0.15, 0.2) is 0 Å². The standard InChI is InChI=1S/C13H18N4S2/c1-8-7-10-11(18-8)15-13(17-14)16-12(10)19-9-5-3-2-4-6-9/h7,9H,2-6,14H2,1H3,(H,15,16,17). The fourth-order valence-corrected chi connectivity index (χ4v) is 4.76. The summed E-state index contributed by atoms with van der Waals surface area (Å²) in [5.74, 6) is 5.99. The fraction of sp³-hybridized carbons (Fsp3) is 0.538. The lowest BCUT2D eigenvalue weighted by Crippen LogP contribution is -2.12.